The number of carbonyl (C=O) groups excluding carboxylic acids is 1. The zero-order valence-electron chi connectivity index (χ0n) is 9.94. The molecule has 0 fully saturated rings. The van der Waals surface area contributed by atoms with E-state index < -0.39 is 15.1 Å². The quantitative estimate of drug-likeness (QED) is 0.812. The van der Waals surface area contributed by atoms with Gasteiger partial charge in [0.05, 0.1) is 4.90 Å². The number of rotatable bonds is 3. The summed E-state index contributed by atoms with van der Waals surface area (Å²) in [7, 11) is -3.54. The molecule has 0 saturated heterocycles. The van der Waals surface area contributed by atoms with Crippen LogP contribution in [0.2, 0.25) is 0 Å². The van der Waals surface area contributed by atoms with Crippen molar-refractivity contribution >= 4 is 15.6 Å². The van der Waals surface area contributed by atoms with E-state index in [1.54, 1.807) is 19.1 Å². The molecule has 1 atom stereocenters. The molecule has 0 N–H and O–H groups in total. The number of hydrogen-bond acceptors (Lipinski definition) is 3. The number of aryl methyl sites for hydroxylation is 2. The monoisotopic (exact) mass is 240 g/mol. The van der Waals surface area contributed by atoms with E-state index in [0.717, 1.165) is 5.56 Å². The Balaban J connectivity index is 3.38. The highest BCUT2D eigenvalue weighted by Gasteiger charge is 2.28. The van der Waals surface area contributed by atoms with Crippen LogP contribution in [0.1, 0.15) is 25.0 Å². The van der Waals surface area contributed by atoms with Crippen LogP contribution in [0.25, 0.3) is 0 Å². The zero-order chi connectivity index (χ0) is 12.5. The first kappa shape index (κ1) is 12.9. The van der Waals surface area contributed by atoms with Crippen LogP contribution in [0, 0.1) is 13.8 Å². The first-order valence-electron chi connectivity index (χ1n) is 5.08. The second kappa shape index (κ2) is 4.37. The number of hydrogen-bond donors (Lipinski definition) is 0. The largest absolute Gasteiger partial charge is 0.299 e. The van der Waals surface area contributed by atoms with Gasteiger partial charge in [0.25, 0.3) is 0 Å². The first-order valence-corrected chi connectivity index (χ1v) is 6.63. The van der Waals surface area contributed by atoms with Crippen LogP contribution in [0.3, 0.4) is 0 Å². The van der Waals surface area contributed by atoms with Crippen molar-refractivity contribution in [2.75, 3.05) is 0 Å². The average Bonchev–Trinajstić information content (AvgIpc) is 2.20. The number of carbonyl (C=O) groups is 1. The molecule has 1 unspecified atom stereocenters. The highest BCUT2D eigenvalue weighted by molar-refractivity contribution is 7.92. The highest BCUT2D eigenvalue weighted by atomic mass is 32.2. The molecule has 4 heteroatoms. The summed E-state index contributed by atoms with van der Waals surface area (Å²) in [5.74, 6) is -0.332. The van der Waals surface area contributed by atoms with Crippen molar-refractivity contribution in [1.82, 2.24) is 0 Å². The van der Waals surface area contributed by atoms with Crippen molar-refractivity contribution < 1.29 is 13.2 Å². The van der Waals surface area contributed by atoms with E-state index >= 15 is 0 Å². The normalized spacial score (nSPS) is 13.5. The Morgan fingerprint density at radius 1 is 1.25 bits per heavy atom. The van der Waals surface area contributed by atoms with Gasteiger partial charge in [-0.2, -0.15) is 0 Å². The fourth-order valence-electron chi connectivity index (χ4n) is 1.42. The van der Waals surface area contributed by atoms with Crippen LogP contribution < -0.4 is 0 Å². The number of Topliss-reactive ketones (excluding diaryl/α,β-unsaturated/α-hetero) is 1. The van der Waals surface area contributed by atoms with Crippen molar-refractivity contribution in [1.29, 1.82) is 0 Å². The smallest absolute Gasteiger partial charge is 0.188 e. The summed E-state index contributed by atoms with van der Waals surface area (Å²) in [6.45, 7) is 6.29. The van der Waals surface area contributed by atoms with E-state index in [-0.39, 0.29) is 10.7 Å². The van der Waals surface area contributed by atoms with Crippen molar-refractivity contribution in [3.63, 3.8) is 0 Å². The van der Waals surface area contributed by atoms with E-state index in [4.69, 9.17) is 0 Å². The fraction of sp³-hybridized carbons (Fsp3) is 0.417. The average molecular weight is 240 g/mol. The first-order chi connectivity index (χ1) is 7.26. The Morgan fingerprint density at radius 2 is 1.81 bits per heavy atom. The predicted molar refractivity (Wildman–Crippen MR) is 63.2 cm³/mol. The Labute approximate surface area is 96.4 Å². The number of sulfone groups is 1. The highest BCUT2D eigenvalue weighted by Crippen LogP contribution is 2.21. The zero-order valence-corrected chi connectivity index (χ0v) is 10.8. The second-order valence-electron chi connectivity index (χ2n) is 4.07. The van der Waals surface area contributed by atoms with E-state index in [1.807, 2.05) is 13.0 Å². The molecule has 1 aromatic rings. The fourth-order valence-corrected chi connectivity index (χ4v) is 3.11. The molecule has 0 aliphatic carbocycles. The molecule has 1 aromatic carbocycles. The molecule has 0 radical (unpaired) electrons. The molecule has 16 heavy (non-hydrogen) atoms. The van der Waals surface area contributed by atoms with Crippen molar-refractivity contribution in [3.8, 4) is 0 Å². The Kier molecular flexibility index (Phi) is 3.53. The third-order valence-electron chi connectivity index (χ3n) is 2.69. The van der Waals surface area contributed by atoms with Gasteiger partial charge in [-0.05, 0) is 44.9 Å². The SMILES string of the molecule is CC(=O)C(C)S(=O)(=O)c1cc(C)ccc1C. The van der Waals surface area contributed by atoms with Gasteiger partial charge in [-0.1, -0.05) is 12.1 Å². The van der Waals surface area contributed by atoms with Crippen molar-refractivity contribution in [2.45, 2.75) is 37.8 Å². The molecule has 88 valence electrons. The Hall–Kier alpha value is -1.16. The van der Waals surface area contributed by atoms with Gasteiger partial charge < -0.3 is 0 Å². The van der Waals surface area contributed by atoms with Gasteiger partial charge in [0, 0.05) is 0 Å². The van der Waals surface area contributed by atoms with Crippen LogP contribution in [-0.4, -0.2) is 19.5 Å². The van der Waals surface area contributed by atoms with E-state index in [2.05, 4.69) is 0 Å². The van der Waals surface area contributed by atoms with Gasteiger partial charge >= 0.3 is 0 Å². The maximum atomic E-state index is 12.1. The minimum absolute atomic E-state index is 0.259. The maximum Gasteiger partial charge on any atom is 0.188 e. The molecule has 0 aliphatic heterocycles. The third kappa shape index (κ3) is 2.32. The third-order valence-corrected chi connectivity index (χ3v) is 5.00. The summed E-state index contributed by atoms with van der Waals surface area (Å²) in [5.41, 5.74) is 1.55. The molecule has 0 saturated carbocycles. The summed E-state index contributed by atoms with van der Waals surface area (Å²) >= 11 is 0. The van der Waals surface area contributed by atoms with Crippen molar-refractivity contribution in [3.05, 3.63) is 29.3 Å². The van der Waals surface area contributed by atoms with E-state index in [9.17, 15) is 13.2 Å². The number of benzene rings is 1. The van der Waals surface area contributed by atoms with Crippen LogP contribution in [0.5, 0.6) is 0 Å². The van der Waals surface area contributed by atoms with Gasteiger partial charge in [-0.3, -0.25) is 4.79 Å². The summed E-state index contributed by atoms with van der Waals surface area (Å²) in [6, 6.07) is 5.23. The molecule has 0 aromatic heterocycles. The van der Waals surface area contributed by atoms with Gasteiger partial charge in [0.15, 0.2) is 9.84 Å². The van der Waals surface area contributed by atoms with Gasteiger partial charge in [0.1, 0.15) is 11.0 Å². The van der Waals surface area contributed by atoms with Crippen LogP contribution >= 0.6 is 0 Å². The molecule has 0 heterocycles. The van der Waals surface area contributed by atoms with E-state index in [0.29, 0.717) is 5.56 Å². The molecule has 0 aliphatic rings. The molecule has 0 bridgehead atoms. The lowest BCUT2D eigenvalue weighted by molar-refractivity contribution is -0.116. The Bertz CT molecular complexity index is 515. The lowest BCUT2D eigenvalue weighted by Gasteiger charge is -2.12. The molecule has 0 spiro atoms. The van der Waals surface area contributed by atoms with E-state index in [1.165, 1.54) is 13.8 Å². The topological polar surface area (TPSA) is 51.2 Å². The maximum absolute atomic E-state index is 12.1. The summed E-state index contributed by atoms with van der Waals surface area (Å²) in [5, 5.41) is -0.979. The molecule has 0 amide bonds. The standard InChI is InChI=1S/C12H16O3S/c1-8-5-6-9(2)12(7-8)16(14,15)11(4)10(3)13/h5-7,11H,1-4H3. The molecular weight excluding hydrogens is 224 g/mol. The summed E-state index contributed by atoms with van der Waals surface area (Å²) in [6.07, 6.45) is 0. The summed E-state index contributed by atoms with van der Waals surface area (Å²) < 4.78 is 24.3. The van der Waals surface area contributed by atoms with Crippen molar-refractivity contribution in [2.24, 2.45) is 0 Å². The number of ketones is 1. The van der Waals surface area contributed by atoms with Gasteiger partial charge in [0.2, 0.25) is 0 Å². The minimum atomic E-state index is -3.54. The molecule has 1 rings (SSSR count). The van der Waals surface area contributed by atoms with Gasteiger partial charge in [-0.25, -0.2) is 8.42 Å². The summed E-state index contributed by atoms with van der Waals surface area (Å²) in [4.78, 5) is 11.4. The van der Waals surface area contributed by atoms with Crippen LogP contribution in [0.4, 0.5) is 0 Å². The molecule has 3 nitrogen and oxygen atoms in total. The van der Waals surface area contributed by atoms with Crippen LogP contribution in [0.15, 0.2) is 23.1 Å². The second-order valence-corrected chi connectivity index (χ2v) is 6.30. The lowest BCUT2D eigenvalue weighted by Crippen LogP contribution is -2.25. The lowest BCUT2D eigenvalue weighted by atomic mass is 10.2. The molecular formula is C12H16O3S. The minimum Gasteiger partial charge on any atom is -0.299 e. The Morgan fingerprint density at radius 3 is 2.31 bits per heavy atom. The van der Waals surface area contributed by atoms with Gasteiger partial charge in [-0.15, -0.1) is 0 Å². The van der Waals surface area contributed by atoms with Crippen LogP contribution in [-0.2, 0) is 14.6 Å². The predicted octanol–water partition coefficient (Wildman–Crippen LogP) is 2.05.